The molecule has 1 aromatic heterocycles. The minimum Gasteiger partial charge on any atom is -0.422 e. The van der Waals surface area contributed by atoms with Gasteiger partial charge in [-0.3, -0.25) is 0 Å². The molecule has 0 fully saturated rings. The van der Waals surface area contributed by atoms with E-state index in [1.165, 1.54) is 6.07 Å². The number of rotatable bonds is 0. The normalized spacial score (nSPS) is 9.33. The fourth-order valence-corrected chi connectivity index (χ4v) is 1.29. The number of aromatic nitrogens is 1. The molecule has 0 saturated carbocycles. The van der Waals surface area contributed by atoms with Gasteiger partial charge in [-0.25, -0.2) is 4.39 Å². The molecule has 1 aromatic carbocycles. The maximum absolute atomic E-state index is 13.2. The number of halogens is 1. The van der Waals surface area contributed by atoms with Crippen molar-refractivity contribution in [1.29, 1.82) is 0 Å². The number of anilines is 1. The first-order valence-corrected chi connectivity index (χ1v) is 3.95. The van der Waals surface area contributed by atoms with Crippen LogP contribution in [0.2, 0.25) is 0 Å². The Morgan fingerprint density at radius 2 is 2.20 bits per heavy atom. The average molecular weight is 224 g/mol. The summed E-state index contributed by atoms with van der Waals surface area (Å²) < 4.78 is 13.2. The van der Waals surface area contributed by atoms with Gasteiger partial charge in [-0.15, -0.1) is 23.1 Å². The molecule has 2 aromatic rings. The number of fused-ring (bicyclic) bond motifs is 1. The molecule has 0 radical (unpaired) electrons. The van der Waals surface area contributed by atoms with E-state index >= 15 is 0 Å². The first kappa shape index (κ1) is 12.6. The van der Waals surface area contributed by atoms with Crippen LogP contribution in [0.4, 0.5) is 10.2 Å². The van der Waals surface area contributed by atoms with E-state index in [1.807, 2.05) is 0 Å². The molecular weight excluding hydrogens is 218 g/mol. The van der Waals surface area contributed by atoms with Gasteiger partial charge in [0.25, 0.3) is 0 Å². The van der Waals surface area contributed by atoms with E-state index in [0.29, 0.717) is 11.2 Å². The minimum atomic E-state index is -0.442. The van der Waals surface area contributed by atoms with Gasteiger partial charge >= 0.3 is 51.4 Å². The van der Waals surface area contributed by atoms with E-state index in [4.69, 9.17) is 12.2 Å². The Labute approximate surface area is 129 Å². The maximum atomic E-state index is 13.2. The molecule has 0 saturated heterocycles. The number of terminal acetylenes is 1. The Hall–Kier alpha value is -0.444. The van der Waals surface area contributed by atoms with Gasteiger partial charge in [0, 0.05) is 5.82 Å². The summed E-state index contributed by atoms with van der Waals surface area (Å²) in [6, 6.07) is 4.54. The van der Waals surface area contributed by atoms with Crippen LogP contribution in [-0.4, -0.2) is 4.98 Å². The van der Waals surface area contributed by atoms with Gasteiger partial charge in [0.15, 0.2) is 0 Å². The number of nitrogen functional groups attached to an aromatic ring is 1. The summed E-state index contributed by atoms with van der Waals surface area (Å²) in [6.07, 6.45) is 7.81. The molecule has 15 heavy (non-hydrogen) atoms. The molecule has 0 amide bonds. The van der Waals surface area contributed by atoms with Crippen LogP contribution in [0.15, 0.2) is 18.2 Å². The van der Waals surface area contributed by atoms with Crippen molar-refractivity contribution in [3.05, 3.63) is 35.8 Å². The zero-order chi connectivity index (χ0) is 10.1. The summed E-state index contributed by atoms with van der Waals surface area (Å²) in [5, 5.41) is 1.23. The zero-order valence-electron chi connectivity index (χ0n) is 8.21. The van der Waals surface area contributed by atoms with E-state index in [1.54, 1.807) is 12.1 Å². The van der Waals surface area contributed by atoms with E-state index in [2.05, 4.69) is 17.1 Å². The number of pyridine rings is 1. The van der Waals surface area contributed by atoms with Crippen molar-refractivity contribution in [2.75, 3.05) is 5.73 Å². The topological polar surface area (TPSA) is 38.9 Å². The summed E-state index contributed by atoms with van der Waals surface area (Å²) in [5.74, 6) is 2.17. The van der Waals surface area contributed by atoms with Crippen LogP contribution in [0.1, 0.15) is 5.56 Å². The Balaban J connectivity index is 0.00000112. The van der Waals surface area contributed by atoms with Crippen LogP contribution in [0.25, 0.3) is 10.8 Å². The summed E-state index contributed by atoms with van der Waals surface area (Å²) in [7, 11) is 0. The standard InChI is InChI=1S/C11H6FN2.K/c1-2-8-9-6-14-11(13)5-7(9)3-4-10(8)12;/h1,3-5H,(H2,13,14);/q-1;+1. The van der Waals surface area contributed by atoms with Crippen molar-refractivity contribution in [2.24, 2.45) is 0 Å². The van der Waals surface area contributed by atoms with Crippen molar-refractivity contribution < 1.29 is 55.8 Å². The fraction of sp³-hybridized carbons (Fsp3) is 0. The summed E-state index contributed by atoms with van der Waals surface area (Å²) in [5.41, 5.74) is 5.64. The molecule has 0 bridgehead atoms. The van der Waals surface area contributed by atoms with Gasteiger partial charge < -0.3 is 10.7 Å². The summed E-state index contributed by atoms with van der Waals surface area (Å²) in [6.45, 7) is 0. The molecule has 0 spiro atoms. The first-order valence-electron chi connectivity index (χ1n) is 3.95. The zero-order valence-corrected chi connectivity index (χ0v) is 11.3. The molecular formula is C11H6FKN2. The second-order valence-corrected chi connectivity index (χ2v) is 2.82. The second kappa shape index (κ2) is 5.06. The van der Waals surface area contributed by atoms with Crippen LogP contribution in [0.5, 0.6) is 0 Å². The minimum absolute atomic E-state index is 0. The molecule has 0 unspecified atom stereocenters. The van der Waals surface area contributed by atoms with Crippen LogP contribution < -0.4 is 57.1 Å². The average Bonchev–Trinajstić information content (AvgIpc) is 2.18. The predicted octanol–water partition coefficient (Wildman–Crippen LogP) is -1.26. The Kier molecular flexibility index (Phi) is 4.26. The molecule has 4 heteroatoms. The Morgan fingerprint density at radius 3 is 2.87 bits per heavy atom. The largest absolute Gasteiger partial charge is 1.00 e. The third-order valence-corrected chi connectivity index (χ3v) is 1.93. The van der Waals surface area contributed by atoms with Crippen molar-refractivity contribution >= 4 is 16.6 Å². The quantitative estimate of drug-likeness (QED) is 0.345. The van der Waals surface area contributed by atoms with Gasteiger partial charge in [0.2, 0.25) is 0 Å². The van der Waals surface area contributed by atoms with Gasteiger partial charge in [-0.2, -0.15) is 0 Å². The number of hydrogen-bond donors (Lipinski definition) is 1. The van der Waals surface area contributed by atoms with Crippen molar-refractivity contribution in [3.63, 3.8) is 0 Å². The van der Waals surface area contributed by atoms with Crippen LogP contribution in [0, 0.1) is 24.4 Å². The molecule has 2 nitrogen and oxygen atoms in total. The van der Waals surface area contributed by atoms with Gasteiger partial charge in [-0.1, -0.05) is 12.1 Å². The van der Waals surface area contributed by atoms with Gasteiger partial charge in [-0.05, 0) is 17.8 Å². The maximum Gasteiger partial charge on any atom is 1.00 e. The van der Waals surface area contributed by atoms with E-state index < -0.39 is 5.82 Å². The number of nitrogens with zero attached hydrogens (tertiary/aromatic N) is 1. The van der Waals surface area contributed by atoms with Crippen LogP contribution >= 0.6 is 0 Å². The molecule has 68 valence electrons. The first-order chi connectivity index (χ1) is 6.72. The number of benzene rings is 1. The molecule has 0 aliphatic carbocycles. The fourth-order valence-electron chi connectivity index (χ4n) is 1.29. The van der Waals surface area contributed by atoms with Crippen LogP contribution in [0.3, 0.4) is 0 Å². The van der Waals surface area contributed by atoms with Crippen LogP contribution in [-0.2, 0) is 0 Å². The molecule has 0 aliphatic rings. The van der Waals surface area contributed by atoms with Crippen molar-refractivity contribution in [1.82, 2.24) is 4.98 Å². The Bertz CT molecular complexity index is 546. The van der Waals surface area contributed by atoms with Crippen molar-refractivity contribution in [3.8, 4) is 12.3 Å². The summed E-state index contributed by atoms with van der Waals surface area (Å²) >= 11 is 0. The summed E-state index contributed by atoms with van der Waals surface area (Å²) in [4.78, 5) is 3.75. The number of nitrogens with two attached hydrogens (primary N) is 1. The molecule has 2 N–H and O–H groups in total. The smallest absolute Gasteiger partial charge is 0.422 e. The second-order valence-electron chi connectivity index (χ2n) is 2.82. The molecule has 0 aliphatic heterocycles. The molecule has 2 rings (SSSR count). The molecule has 1 heterocycles. The van der Waals surface area contributed by atoms with E-state index in [9.17, 15) is 4.39 Å². The van der Waals surface area contributed by atoms with Crippen molar-refractivity contribution in [2.45, 2.75) is 0 Å². The third-order valence-electron chi connectivity index (χ3n) is 1.93. The predicted molar refractivity (Wildman–Crippen MR) is 52.9 cm³/mol. The number of hydrogen-bond acceptors (Lipinski definition) is 2. The molecule has 0 atom stereocenters. The van der Waals surface area contributed by atoms with E-state index in [-0.39, 0.29) is 56.9 Å². The SMILES string of the molecule is C#Cc1c(F)ccc2cc(N)n[c-]c12.[K+]. The Morgan fingerprint density at radius 1 is 1.47 bits per heavy atom. The third kappa shape index (κ3) is 2.38. The monoisotopic (exact) mass is 224 g/mol. The van der Waals surface area contributed by atoms with Gasteiger partial charge in [0.05, 0.1) is 5.82 Å². The van der Waals surface area contributed by atoms with Gasteiger partial charge in [0.1, 0.15) is 0 Å². The van der Waals surface area contributed by atoms with E-state index in [0.717, 1.165) is 5.39 Å².